The number of anilines is 1. The van der Waals surface area contributed by atoms with Crippen molar-refractivity contribution in [3.8, 4) is 11.1 Å². The number of hydrogen-bond donors (Lipinski definition) is 3. The van der Waals surface area contributed by atoms with Crippen molar-refractivity contribution in [1.82, 2.24) is 10.3 Å². The molecule has 0 aliphatic rings. The smallest absolute Gasteiger partial charge is 0.408 e. The molecule has 4 rings (SSSR count). The highest BCUT2D eigenvalue weighted by molar-refractivity contribution is 7.56. The summed E-state index contributed by atoms with van der Waals surface area (Å²) in [5.74, 6) is 0.762. The molecule has 244 valence electrons. The summed E-state index contributed by atoms with van der Waals surface area (Å²) in [6.07, 6.45) is 1.05. The van der Waals surface area contributed by atoms with Crippen LogP contribution in [0.15, 0.2) is 72.5 Å². The molecule has 1 aromatic heterocycles. The normalized spacial score (nSPS) is 15.0. The first kappa shape index (κ1) is 34.8. The average Bonchev–Trinajstić information content (AvgIpc) is 2.96. The van der Waals surface area contributed by atoms with Crippen molar-refractivity contribution < 1.29 is 28.3 Å². The fraction of sp³-hybridized carbons (Fsp3) is 0.361. The van der Waals surface area contributed by atoms with Crippen molar-refractivity contribution in [2.24, 2.45) is 5.41 Å². The zero-order valence-corrected chi connectivity index (χ0v) is 28.6. The molecule has 3 aromatic carbocycles. The van der Waals surface area contributed by atoms with Gasteiger partial charge in [0.2, 0.25) is 5.91 Å². The van der Waals surface area contributed by atoms with Crippen molar-refractivity contribution >= 4 is 53.0 Å². The van der Waals surface area contributed by atoms with E-state index >= 15 is 0 Å². The minimum Gasteiger partial charge on any atom is -0.444 e. The van der Waals surface area contributed by atoms with Crippen LogP contribution in [0.1, 0.15) is 67.5 Å². The molecule has 0 fully saturated rings. The molecule has 9 nitrogen and oxygen atoms in total. The van der Waals surface area contributed by atoms with Crippen LogP contribution >= 0.6 is 7.60 Å². The van der Waals surface area contributed by atoms with Crippen molar-refractivity contribution in [3.05, 3.63) is 78.2 Å². The number of amides is 2. The summed E-state index contributed by atoms with van der Waals surface area (Å²) in [5.41, 5.74) is 1.96. The first-order valence-corrected chi connectivity index (χ1v) is 17.0. The van der Waals surface area contributed by atoms with E-state index in [0.29, 0.717) is 23.3 Å². The van der Waals surface area contributed by atoms with E-state index in [-0.39, 0.29) is 6.10 Å². The number of alkyl carbamates (subject to hydrolysis) is 1. The largest absolute Gasteiger partial charge is 0.444 e. The minimum absolute atomic E-state index is 0.367. The molecule has 2 amide bonds. The minimum atomic E-state index is -3.97. The number of hydrogen-bond acceptors (Lipinski definition) is 6. The lowest BCUT2D eigenvalue weighted by atomic mass is 9.86. The summed E-state index contributed by atoms with van der Waals surface area (Å²) < 4.78 is 23.3. The predicted octanol–water partition coefficient (Wildman–Crippen LogP) is 8.90. The second-order valence-corrected chi connectivity index (χ2v) is 15.1. The number of fused-ring (bicyclic) bond motifs is 2. The zero-order chi connectivity index (χ0) is 33.9. The second-order valence-electron chi connectivity index (χ2n) is 13.5. The number of nitrogens with one attached hydrogen (secondary N) is 2. The van der Waals surface area contributed by atoms with Crippen LogP contribution in [-0.2, 0) is 18.6 Å². The Labute approximate surface area is 270 Å². The lowest BCUT2D eigenvalue weighted by molar-refractivity contribution is -0.120. The molecule has 0 aliphatic heterocycles. The fourth-order valence-corrected chi connectivity index (χ4v) is 6.01. The van der Waals surface area contributed by atoms with Gasteiger partial charge in [-0.1, -0.05) is 76.2 Å². The average molecular weight is 646 g/mol. The zero-order valence-electron chi connectivity index (χ0n) is 27.8. The Balaban J connectivity index is 1.79. The Morgan fingerprint density at radius 3 is 2.33 bits per heavy atom. The van der Waals surface area contributed by atoms with Crippen LogP contribution in [0.3, 0.4) is 0 Å². The number of aromatic nitrogens is 1. The van der Waals surface area contributed by atoms with Gasteiger partial charge in [0.15, 0.2) is 0 Å². The van der Waals surface area contributed by atoms with Crippen LogP contribution in [0.25, 0.3) is 38.9 Å². The first-order valence-electron chi connectivity index (χ1n) is 15.4. The van der Waals surface area contributed by atoms with Gasteiger partial charge >= 0.3 is 13.7 Å². The Kier molecular flexibility index (Phi) is 10.4. The van der Waals surface area contributed by atoms with Crippen LogP contribution in [-0.4, -0.2) is 39.6 Å². The first-order chi connectivity index (χ1) is 21.5. The molecule has 46 heavy (non-hydrogen) atoms. The summed E-state index contributed by atoms with van der Waals surface area (Å²) in [4.78, 5) is 41.6. The Bertz CT molecular complexity index is 1820. The molecular formula is C36H44N3O6P. The number of carbonyl (C=O) groups is 2. The van der Waals surface area contributed by atoms with E-state index in [1.54, 1.807) is 33.8 Å². The van der Waals surface area contributed by atoms with Crippen molar-refractivity contribution in [3.63, 3.8) is 0 Å². The van der Waals surface area contributed by atoms with Gasteiger partial charge in [-0.3, -0.25) is 9.36 Å². The van der Waals surface area contributed by atoms with E-state index in [4.69, 9.17) is 14.2 Å². The maximum atomic E-state index is 13.7. The van der Waals surface area contributed by atoms with Gasteiger partial charge in [0.05, 0.1) is 17.3 Å². The van der Waals surface area contributed by atoms with E-state index in [1.165, 1.54) is 6.08 Å². The SMILES string of the molecule is CCC(C)OP(=O)(O)C=Cc1ccc2cc(NC(=O)C(NC(=O)OC(C)(C)C)C(C)(C)C)cc(-c3cccc4ccccc34)c2n1. The van der Waals surface area contributed by atoms with Gasteiger partial charge in [-0.15, -0.1) is 0 Å². The monoisotopic (exact) mass is 645 g/mol. The third-order valence-electron chi connectivity index (χ3n) is 7.29. The lowest BCUT2D eigenvalue weighted by Crippen LogP contribution is -2.52. The molecule has 0 bridgehead atoms. The summed E-state index contributed by atoms with van der Waals surface area (Å²) in [6.45, 7) is 14.5. The Morgan fingerprint density at radius 2 is 1.65 bits per heavy atom. The second kappa shape index (κ2) is 13.8. The van der Waals surface area contributed by atoms with Crippen LogP contribution in [0.4, 0.5) is 10.5 Å². The van der Waals surface area contributed by atoms with Gasteiger partial charge in [-0.05, 0) is 80.1 Å². The quantitative estimate of drug-likeness (QED) is 0.155. The van der Waals surface area contributed by atoms with Crippen LogP contribution < -0.4 is 10.6 Å². The van der Waals surface area contributed by atoms with E-state index in [0.717, 1.165) is 33.1 Å². The molecule has 0 spiro atoms. The van der Waals surface area contributed by atoms with Crippen molar-refractivity contribution in [2.75, 3.05) is 5.32 Å². The van der Waals surface area contributed by atoms with Gasteiger partial charge in [-0.25, -0.2) is 9.78 Å². The van der Waals surface area contributed by atoms with Gasteiger partial charge in [0, 0.05) is 22.5 Å². The Hall–Kier alpha value is -4.04. The third kappa shape index (κ3) is 9.03. The van der Waals surface area contributed by atoms with Gasteiger partial charge in [0.1, 0.15) is 11.6 Å². The summed E-state index contributed by atoms with van der Waals surface area (Å²) in [7, 11) is -3.97. The molecule has 0 aliphatic carbocycles. The molecular weight excluding hydrogens is 601 g/mol. The molecule has 3 N–H and O–H groups in total. The van der Waals surface area contributed by atoms with Gasteiger partial charge in [-0.2, -0.15) is 0 Å². The van der Waals surface area contributed by atoms with E-state index in [2.05, 4.69) is 10.6 Å². The number of benzene rings is 3. The van der Waals surface area contributed by atoms with Crippen LogP contribution in [0, 0.1) is 5.41 Å². The number of carbonyl (C=O) groups excluding carboxylic acids is 2. The van der Waals surface area contributed by atoms with E-state index < -0.39 is 36.7 Å². The molecule has 0 radical (unpaired) electrons. The number of ether oxygens (including phenoxy) is 1. The number of nitrogens with zero attached hydrogens (tertiary/aromatic N) is 1. The lowest BCUT2D eigenvalue weighted by Gasteiger charge is -2.31. The highest BCUT2D eigenvalue weighted by Crippen LogP contribution is 2.46. The predicted molar refractivity (Wildman–Crippen MR) is 186 cm³/mol. The molecule has 0 saturated carbocycles. The highest BCUT2D eigenvalue weighted by atomic mass is 31.2. The maximum absolute atomic E-state index is 13.7. The molecule has 3 unspecified atom stereocenters. The van der Waals surface area contributed by atoms with Gasteiger partial charge in [0.25, 0.3) is 0 Å². The summed E-state index contributed by atoms with van der Waals surface area (Å²) >= 11 is 0. The maximum Gasteiger partial charge on any atom is 0.408 e. The van der Waals surface area contributed by atoms with Crippen LogP contribution in [0.2, 0.25) is 0 Å². The van der Waals surface area contributed by atoms with Gasteiger partial charge < -0.3 is 24.8 Å². The van der Waals surface area contributed by atoms with Crippen molar-refractivity contribution in [1.29, 1.82) is 0 Å². The van der Waals surface area contributed by atoms with Crippen molar-refractivity contribution in [2.45, 2.75) is 79.6 Å². The number of rotatable bonds is 9. The molecule has 1 heterocycles. The van der Waals surface area contributed by atoms with E-state index in [1.807, 2.05) is 88.4 Å². The third-order valence-corrected chi connectivity index (χ3v) is 8.48. The topological polar surface area (TPSA) is 127 Å². The van der Waals surface area contributed by atoms with Crippen LogP contribution in [0.5, 0.6) is 0 Å². The fourth-order valence-electron chi connectivity index (χ4n) is 4.93. The summed E-state index contributed by atoms with van der Waals surface area (Å²) in [5, 5.41) is 8.54. The summed E-state index contributed by atoms with van der Waals surface area (Å²) in [6, 6.07) is 20.4. The molecule has 4 aromatic rings. The van der Waals surface area contributed by atoms with E-state index in [9.17, 15) is 19.0 Å². The standard InChI is InChI=1S/C36H44N3O6P/c1-9-23(2)45-46(42,43)20-19-26-18-17-25-21-27(38-33(40)32(35(3,4)5)39-34(41)44-36(6,7)8)22-30(31(25)37-26)29-16-12-14-24-13-10-11-15-28(24)29/h10-23,32H,9H2,1-8H3,(H,38,40)(H,39,41)(H,42,43). The molecule has 10 heteroatoms. The Morgan fingerprint density at radius 1 is 0.957 bits per heavy atom. The molecule has 0 saturated heterocycles. The number of pyridine rings is 1. The highest BCUT2D eigenvalue weighted by Gasteiger charge is 2.34. The molecule has 3 atom stereocenters.